The number of carbonyl (C=O) groups is 1. The second kappa shape index (κ2) is 7.25. The number of rotatable bonds is 4. The molecular formula is C18H26N2O2. The summed E-state index contributed by atoms with van der Waals surface area (Å²) in [5, 5.41) is 10.0. The Morgan fingerprint density at radius 3 is 2.45 bits per heavy atom. The van der Waals surface area contributed by atoms with Crippen LogP contribution < -0.4 is 0 Å². The molecule has 4 nitrogen and oxygen atoms in total. The molecule has 4 heteroatoms. The first-order chi connectivity index (χ1) is 10.7. The summed E-state index contributed by atoms with van der Waals surface area (Å²) in [5.41, 5.74) is 1.23. The molecule has 2 aliphatic rings. The highest BCUT2D eigenvalue weighted by molar-refractivity contribution is 5.76. The monoisotopic (exact) mass is 302 g/mol. The van der Waals surface area contributed by atoms with Crippen molar-refractivity contribution in [2.45, 2.75) is 44.2 Å². The largest absolute Gasteiger partial charge is 0.391 e. The first kappa shape index (κ1) is 15.5. The summed E-state index contributed by atoms with van der Waals surface area (Å²) >= 11 is 0. The molecular weight excluding hydrogens is 276 g/mol. The van der Waals surface area contributed by atoms with Crippen molar-refractivity contribution >= 4 is 5.91 Å². The highest BCUT2D eigenvalue weighted by atomic mass is 16.3. The lowest BCUT2D eigenvalue weighted by atomic mass is 10.1. The lowest BCUT2D eigenvalue weighted by Gasteiger charge is -2.39. The molecule has 1 aliphatic carbocycles. The van der Waals surface area contributed by atoms with Gasteiger partial charge in [-0.1, -0.05) is 30.3 Å². The number of hydrogen-bond donors (Lipinski definition) is 1. The third-order valence-corrected chi connectivity index (χ3v) is 5.05. The van der Waals surface area contributed by atoms with E-state index in [4.69, 9.17) is 0 Å². The van der Waals surface area contributed by atoms with Gasteiger partial charge in [-0.2, -0.15) is 0 Å². The normalized spacial score (nSPS) is 26.3. The zero-order chi connectivity index (χ0) is 15.4. The molecule has 1 aromatic rings. The van der Waals surface area contributed by atoms with Crippen molar-refractivity contribution in [2.75, 3.05) is 26.2 Å². The second-order valence-corrected chi connectivity index (χ2v) is 6.47. The Bertz CT molecular complexity index is 483. The minimum atomic E-state index is -0.166. The Balaban J connectivity index is 1.44. The molecule has 0 bridgehead atoms. The van der Waals surface area contributed by atoms with Crippen molar-refractivity contribution in [1.82, 2.24) is 9.80 Å². The maximum absolute atomic E-state index is 12.3. The van der Waals surface area contributed by atoms with Gasteiger partial charge in [-0.3, -0.25) is 9.69 Å². The van der Waals surface area contributed by atoms with Crippen LogP contribution in [0.2, 0.25) is 0 Å². The van der Waals surface area contributed by atoms with Crippen LogP contribution in [0.3, 0.4) is 0 Å². The van der Waals surface area contributed by atoms with E-state index in [0.717, 1.165) is 51.9 Å². The molecule has 1 amide bonds. The van der Waals surface area contributed by atoms with Crippen LogP contribution >= 0.6 is 0 Å². The molecule has 1 aliphatic heterocycles. The molecule has 0 spiro atoms. The molecule has 0 unspecified atom stereocenters. The van der Waals surface area contributed by atoms with Gasteiger partial charge in [-0.25, -0.2) is 0 Å². The van der Waals surface area contributed by atoms with Gasteiger partial charge in [0.05, 0.1) is 6.10 Å². The molecule has 1 heterocycles. The first-order valence-corrected chi connectivity index (χ1v) is 8.48. The molecule has 2 fully saturated rings. The van der Waals surface area contributed by atoms with E-state index in [0.29, 0.717) is 12.5 Å². The molecule has 120 valence electrons. The molecule has 2 atom stereocenters. The van der Waals surface area contributed by atoms with E-state index >= 15 is 0 Å². The van der Waals surface area contributed by atoms with Crippen LogP contribution in [-0.4, -0.2) is 59.1 Å². The van der Waals surface area contributed by atoms with Gasteiger partial charge < -0.3 is 10.0 Å². The fourth-order valence-electron chi connectivity index (χ4n) is 3.70. The molecule has 3 rings (SSSR count). The van der Waals surface area contributed by atoms with Gasteiger partial charge in [0.25, 0.3) is 0 Å². The summed E-state index contributed by atoms with van der Waals surface area (Å²) in [7, 11) is 0. The van der Waals surface area contributed by atoms with E-state index in [-0.39, 0.29) is 12.0 Å². The van der Waals surface area contributed by atoms with E-state index in [9.17, 15) is 9.90 Å². The first-order valence-electron chi connectivity index (χ1n) is 8.48. The van der Waals surface area contributed by atoms with Crippen LogP contribution in [0.5, 0.6) is 0 Å². The Morgan fingerprint density at radius 1 is 1.09 bits per heavy atom. The number of carbonyl (C=O) groups excluding carboxylic acids is 1. The smallest absolute Gasteiger partial charge is 0.222 e. The van der Waals surface area contributed by atoms with Gasteiger partial charge in [0.15, 0.2) is 0 Å². The quantitative estimate of drug-likeness (QED) is 0.920. The number of benzene rings is 1. The summed E-state index contributed by atoms with van der Waals surface area (Å²) < 4.78 is 0. The molecule has 0 aromatic heterocycles. The molecule has 1 saturated heterocycles. The summed E-state index contributed by atoms with van der Waals surface area (Å²) in [6.45, 7) is 3.41. The van der Waals surface area contributed by atoms with E-state index in [2.05, 4.69) is 17.0 Å². The highest BCUT2D eigenvalue weighted by Gasteiger charge is 2.33. The Labute approximate surface area is 132 Å². The molecule has 1 N–H and O–H groups in total. The van der Waals surface area contributed by atoms with E-state index in [1.165, 1.54) is 5.56 Å². The second-order valence-electron chi connectivity index (χ2n) is 6.47. The van der Waals surface area contributed by atoms with Crippen LogP contribution in [0.15, 0.2) is 30.3 Å². The van der Waals surface area contributed by atoms with Gasteiger partial charge >= 0.3 is 0 Å². The van der Waals surface area contributed by atoms with Crippen molar-refractivity contribution in [2.24, 2.45) is 0 Å². The van der Waals surface area contributed by atoms with Gasteiger partial charge in [0.1, 0.15) is 0 Å². The fourth-order valence-corrected chi connectivity index (χ4v) is 3.70. The van der Waals surface area contributed by atoms with Crippen LogP contribution in [0, 0.1) is 0 Å². The standard InChI is InChI=1S/C18H26N2O2/c21-17-8-4-7-16(17)19-11-13-20(14-12-19)18(22)10-9-15-5-2-1-3-6-15/h1-3,5-6,16-17,21H,4,7-14H2/t16-,17-/m0/s1. The zero-order valence-corrected chi connectivity index (χ0v) is 13.2. The average Bonchev–Trinajstić information content (AvgIpc) is 3.00. The van der Waals surface area contributed by atoms with Gasteiger partial charge in [-0.15, -0.1) is 0 Å². The third kappa shape index (κ3) is 3.68. The van der Waals surface area contributed by atoms with Crippen molar-refractivity contribution in [3.05, 3.63) is 35.9 Å². The van der Waals surface area contributed by atoms with E-state index < -0.39 is 0 Å². The number of aryl methyl sites for hydroxylation is 1. The maximum atomic E-state index is 12.3. The zero-order valence-electron chi connectivity index (χ0n) is 13.2. The fraction of sp³-hybridized carbons (Fsp3) is 0.611. The Kier molecular flexibility index (Phi) is 5.11. The van der Waals surface area contributed by atoms with Gasteiger partial charge in [0.2, 0.25) is 5.91 Å². The summed E-state index contributed by atoms with van der Waals surface area (Å²) in [4.78, 5) is 16.7. The average molecular weight is 302 g/mol. The molecule has 0 radical (unpaired) electrons. The lowest BCUT2D eigenvalue weighted by Crippen LogP contribution is -2.53. The number of hydrogen-bond acceptors (Lipinski definition) is 3. The Morgan fingerprint density at radius 2 is 1.82 bits per heavy atom. The van der Waals surface area contributed by atoms with Gasteiger partial charge in [0, 0.05) is 38.6 Å². The van der Waals surface area contributed by atoms with Crippen molar-refractivity contribution < 1.29 is 9.90 Å². The van der Waals surface area contributed by atoms with E-state index in [1.54, 1.807) is 0 Å². The van der Waals surface area contributed by atoms with Crippen LogP contribution in [0.1, 0.15) is 31.2 Å². The topological polar surface area (TPSA) is 43.8 Å². The number of aliphatic hydroxyl groups excluding tert-OH is 1. The van der Waals surface area contributed by atoms with Crippen molar-refractivity contribution in [3.63, 3.8) is 0 Å². The SMILES string of the molecule is O=C(CCc1ccccc1)N1CCN([C@H]2CCC[C@@H]2O)CC1. The minimum Gasteiger partial charge on any atom is -0.391 e. The lowest BCUT2D eigenvalue weighted by molar-refractivity contribution is -0.133. The van der Waals surface area contributed by atoms with Crippen LogP contribution in [0.4, 0.5) is 0 Å². The predicted molar refractivity (Wildman–Crippen MR) is 86.6 cm³/mol. The predicted octanol–water partition coefficient (Wildman–Crippen LogP) is 1.68. The third-order valence-electron chi connectivity index (χ3n) is 5.05. The number of piperazine rings is 1. The minimum absolute atomic E-state index is 0.166. The maximum Gasteiger partial charge on any atom is 0.222 e. The number of nitrogens with zero attached hydrogens (tertiary/aromatic N) is 2. The number of aliphatic hydroxyl groups is 1. The highest BCUT2D eigenvalue weighted by Crippen LogP contribution is 2.25. The van der Waals surface area contributed by atoms with Crippen LogP contribution in [-0.2, 0) is 11.2 Å². The summed E-state index contributed by atoms with van der Waals surface area (Å²) in [5.74, 6) is 0.260. The summed E-state index contributed by atoms with van der Waals surface area (Å²) in [6, 6.07) is 10.5. The summed E-state index contributed by atoms with van der Waals surface area (Å²) in [6.07, 6.45) is 4.41. The van der Waals surface area contributed by atoms with E-state index in [1.807, 2.05) is 23.1 Å². The van der Waals surface area contributed by atoms with Crippen molar-refractivity contribution in [3.8, 4) is 0 Å². The molecule has 1 aromatic carbocycles. The number of amides is 1. The molecule has 22 heavy (non-hydrogen) atoms. The Hall–Kier alpha value is -1.39. The van der Waals surface area contributed by atoms with Crippen molar-refractivity contribution in [1.29, 1.82) is 0 Å². The van der Waals surface area contributed by atoms with Gasteiger partial charge in [-0.05, 0) is 31.2 Å². The van der Waals surface area contributed by atoms with Crippen LogP contribution in [0.25, 0.3) is 0 Å². The molecule has 1 saturated carbocycles.